The molecule has 2 fully saturated rings. The molecule has 0 atom stereocenters. The van der Waals surface area contributed by atoms with E-state index in [-0.39, 0.29) is 29.8 Å². The minimum absolute atomic E-state index is 0. The van der Waals surface area contributed by atoms with Crippen LogP contribution in [0.1, 0.15) is 32.3 Å². The summed E-state index contributed by atoms with van der Waals surface area (Å²) in [6, 6.07) is 5.98. The minimum Gasteiger partial charge on any atom is -0.367 e. The van der Waals surface area contributed by atoms with Crippen molar-refractivity contribution in [2.75, 3.05) is 63.8 Å². The maximum Gasteiger partial charge on any atom is 0.191 e. The topological polar surface area (TPSA) is 46.1 Å². The summed E-state index contributed by atoms with van der Waals surface area (Å²) in [4.78, 5) is 11.7. The first-order valence-electron chi connectivity index (χ1n) is 11.8. The van der Waals surface area contributed by atoms with Gasteiger partial charge in [-0.3, -0.25) is 4.90 Å². The fourth-order valence-electron chi connectivity index (χ4n) is 4.34. The van der Waals surface area contributed by atoms with E-state index in [1.807, 2.05) is 18.2 Å². The van der Waals surface area contributed by atoms with Crippen molar-refractivity contribution < 1.29 is 4.39 Å². The highest BCUT2D eigenvalue weighted by atomic mass is 127. The molecule has 0 aromatic heterocycles. The van der Waals surface area contributed by atoms with Crippen molar-refractivity contribution in [1.82, 2.24) is 20.4 Å². The normalized spacial score (nSPS) is 18.8. The molecule has 0 aliphatic carbocycles. The summed E-state index contributed by atoms with van der Waals surface area (Å²) in [5, 5.41) is 6.88. The second kappa shape index (κ2) is 14.0. The highest BCUT2D eigenvalue weighted by molar-refractivity contribution is 14.0. The third kappa shape index (κ3) is 7.88. The van der Waals surface area contributed by atoms with E-state index in [4.69, 9.17) is 4.99 Å². The largest absolute Gasteiger partial charge is 0.367 e. The van der Waals surface area contributed by atoms with Crippen LogP contribution in [0, 0.1) is 5.82 Å². The molecule has 8 heteroatoms. The van der Waals surface area contributed by atoms with Gasteiger partial charge in [-0.05, 0) is 44.0 Å². The molecule has 0 unspecified atom stereocenters. The summed E-state index contributed by atoms with van der Waals surface area (Å²) < 4.78 is 14.8. The Morgan fingerprint density at radius 1 is 1.12 bits per heavy atom. The van der Waals surface area contributed by atoms with Crippen molar-refractivity contribution in [3.05, 3.63) is 42.2 Å². The van der Waals surface area contributed by atoms with E-state index >= 15 is 0 Å². The molecule has 2 aliphatic rings. The average molecular weight is 559 g/mol. The van der Waals surface area contributed by atoms with E-state index in [9.17, 15) is 4.39 Å². The van der Waals surface area contributed by atoms with E-state index in [1.165, 1.54) is 0 Å². The number of halogens is 2. The summed E-state index contributed by atoms with van der Waals surface area (Å²) >= 11 is 0. The molecule has 1 aromatic carbocycles. The smallest absolute Gasteiger partial charge is 0.191 e. The highest BCUT2D eigenvalue weighted by Gasteiger charge is 2.20. The van der Waals surface area contributed by atoms with E-state index in [0.29, 0.717) is 18.3 Å². The van der Waals surface area contributed by atoms with Gasteiger partial charge in [-0.2, -0.15) is 0 Å². The zero-order valence-electron chi connectivity index (χ0n) is 19.7. The number of piperazine rings is 1. The number of benzene rings is 1. The van der Waals surface area contributed by atoms with Crippen molar-refractivity contribution in [2.45, 2.75) is 39.3 Å². The second-order valence-corrected chi connectivity index (χ2v) is 8.41. The average Bonchev–Trinajstić information content (AvgIpc) is 2.79. The molecule has 180 valence electrons. The molecular formula is C24H40FIN6. The Morgan fingerprint density at radius 3 is 2.44 bits per heavy atom. The fraction of sp³-hybridized carbons (Fsp3) is 0.625. The number of aliphatic imine (C=N–C) groups is 1. The summed E-state index contributed by atoms with van der Waals surface area (Å²) in [7, 11) is 0. The van der Waals surface area contributed by atoms with Gasteiger partial charge in [-0.1, -0.05) is 19.1 Å². The van der Waals surface area contributed by atoms with Crippen molar-refractivity contribution in [3.63, 3.8) is 0 Å². The van der Waals surface area contributed by atoms with Crippen LogP contribution in [0.3, 0.4) is 0 Å². The lowest BCUT2D eigenvalue weighted by molar-refractivity contribution is 0.225. The third-order valence-corrected chi connectivity index (χ3v) is 6.25. The molecule has 0 spiro atoms. The van der Waals surface area contributed by atoms with E-state index in [1.54, 1.807) is 6.07 Å². The second-order valence-electron chi connectivity index (χ2n) is 8.41. The van der Waals surface area contributed by atoms with Gasteiger partial charge in [0.25, 0.3) is 0 Å². The first-order valence-corrected chi connectivity index (χ1v) is 11.8. The molecular weight excluding hydrogens is 518 g/mol. The monoisotopic (exact) mass is 558 g/mol. The Hall–Kier alpha value is -1.39. The van der Waals surface area contributed by atoms with Crippen molar-refractivity contribution in [1.29, 1.82) is 0 Å². The van der Waals surface area contributed by atoms with Crippen LogP contribution in [0.4, 0.5) is 10.1 Å². The number of hydrogen-bond acceptors (Lipinski definition) is 4. The molecule has 6 nitrogen and oxygen atoms in total. The molecule has 1 aromatic rings. The molecule has 2 saturated heterocycles. The zero-order chi connectivity index (χ0) is 22.1. The lowest BCUT2D eigenvalue weighted by Gasteiger charge is -2.35. The fourth-order valence-corrected chi connectivity index (χ4v) is 4.34. The standard InChI is InChI=1S/C24H39FN6.HI/c1-4-11-30-12-9-21(10-13-30)28-24(26-5-2)27-19-20-7-8-23(22(25)18-20)31-16-14-29(6-3)15-17-31;/h4,7-8,18,21H,1,5-6,9-17,19H2,2-3H3,(H2,26,27,28);1H. The number of hydrogen-bond donors (Lipinski definition) is 2. The maximum absolute atomic E-state index is 14.8. The van der Waals surface area contributed by atoms with Gasteiger partial charge in [0.2, 0.25) is 0 Å². The van der Waals surface area contributed by atoms with Crippen LogP contribution in [0.15, 0.2) is 35.8 Å². The van der Waals surface area contributed by atoms with Gasteiger partial charge in [-0.25, -0.2) is 9.38 Å². The predicted molar refractivity (Wildman–Crippen MR) is 144 cm³/mol. The lowest BCUT2D eigenvalue weighted by Crippen LogP contribution is -2.48. The van der Waals surface area contributed by atoms with Crippen molar-refractivity contribution in [2.24, 2.45) is 4.99 Å². The van der Waals surface area contributed by atoms with E-state index in [2.05, 4.69) is 45.8 Å². The van der Waals surface area contributed by atoms with Crippen LogP contribution >= 0.6 is 24.0 Å². The van der Waals surface area contributed by atoms with Crippen molar-refractivity contribution >= 4 is 35.6 Å². The van der Waals surface area contributed by atoms with E-state index < -0.39 is 0 Å². The number of rotatable bonds is 8. The van der Waals surface area contributed by atoms with E-state index in [0.717, 1.165) is 83.3 Å². The first kappa shape index (κ1) is 26.9. The van der Waals surface area contributed by atoms with Gasteiger partial charge in [0.1, 0.15) is 5.82 Å². The number of nitrogens with zero attached hydrogens (tertiary/aromatic N) is 4. The molecule has 0 saturated carbocycles. The Labute approximate surface area is 210 Å². The van der Waals surface area contributed by atoms with Crippen LogP contribution in [0.2, 0.25) is 0 Å². The lowest BCUT2D eigenvalue weighted by atomic mass is 10.1. The number of piperidine rings is 1. The number of guanidine groups is 1. The highest BCUT2D eigenvalue weighted by Crippen LogP contribution is 2.22. The molecule has 0 bridgehead atoms. The Bertz CT molecular complexity index is 727. The third-order valence-electron chi connectivity index (χ3n) is 6.25. The first-order chi connectivity index (χ1) is 15.1. The molecule has 2 aliphatic heterocycles. The molecule has 3 rings (SSSR count). The molecule has 2 N–H and O–H groups in total. The van der Waals surface area contributed by atoms with Gasteiger partial charge in [0, 0.05) is 58.4 Å². The Kier molecular flexibility index (Phi) is 11.7. The van der Waals surface area contributed by atoms with Crippen LogP contribution < -0.4 is 15.5 Å². The van der Waals surface area contributed by atoms with Gasteiger partial charge in [-0.15, -0.1) is 30.6 Å². The van der Waals surface area contributed by atoms with Crippen LogP contribution in [0.25, 0.3) is 0 Å². The Morgan fingerprint density at radius 2 is 1.84 bits per heavy atom. The molecule has 32 heavy (non-hydrogen) atoms. The molecule has 0 amide bonds. The van der Waals surface area contributed by atoms with Crippen LogP contribution in [-0.2, 0) is 6.54 Å². The van der Waals surface area contributed by atoms with Crippen LogP contribution in [0.5, 0.6) is 0 Å². The van der Waals surface area contributed by atoms with Crippen molar-refractivity contribution in [3.8, 4) is 0 Å². The summed E-state index contributed by atoms with van der Waals surface area (Å²) in [6.45, 7) is 17.2. The number of likely N-dealkylation sites (tertiary alicyclic amines) is 1. The SMILES string of the molecule is C=CCN1CCC(NC(=NCc2ccc(N3CCN(CC)CC3)c(F)c2)NCC)CC1.I. The van der Waals surface area contributed by atoms with Gasteiger partial charge in [0.05, 0.1) is 12.2 Å². The number of anilines is 1. The quantitative estimate of drug-likeness (QED) is 0.222. The van der Waals surface area contributed by atoms with Crippen LogP contribution in [-0.4, -0.2) is 80.7 Å². The van der Waals surface area contributed by atoms with Gasteiger partial charge in [0.15, 0.2) is 5.96 Å². The number of likely N-dealkylation sites (N-methyl/N-ethyl adjacent to an activating group) is 1. The summed E-state index contributed by atoms with van der Waals surface area (Å²) in [6.07, 6.45) is 4.15. The summed E-state index contributed by atoms with van der Waals surface area (Å²) in [5.74, 6) is 0.662. The molecule has 0 radical (unpaired) electrons. The zero-order valence-corrected chi connectivity index (χ0v) is 22.0. The maximum atomic E-state index is 14.8. The summed E-state index contributed by atoms with van der Waals surface area (Å²) in [5.41, 5.74) is 1.60. The number of nitrogens with one attached hydrogen (secondary N) is 2. The Balaban J connectivity index is 0.00000363. The minimum atomic E-state index is -0.148. The molecule has 2 heterocycles. The van der Waals surface area contributed by atoms with Gasteiger partial charge >= 0.3 is 0 Å². The predicted octanol–water partition coefficient (Wildman–Crippen LogP) is 3.29. The van der Waals surface area contributed by atoms with Gasteiger partial charge < -0.3 is 20.4 Å².